The summed E-state index contributed by atoms with van der Waals surface area (Å²) in [6.45, 7) is 3.52. The summed E-state index contributed by atoms with van der Waals surface area (Å²) in [6, 6.07) is -0.470. The molecule has 0 aromatic rings. The summed E-state index contributed by atoms with van der Waals surface area (Å²) in [4.78, 5) is 11.8. The van der Waals surface area contributed by atoms with Gasteiger partial charge in [0.05, 0.1) is 6.04 Å². The van der Waals surface area contributed by atoms with Crippen molar-refractivity contribution in [2.24, 2.45) is 11.5 Å². The molecule has 0 saturated heterocycles. The van der Waals surface area contributed by atoms with Crippen LogP contribution in [-0.2, 0) is 4.79 Å². The minimum atomic E-state index is -0.470. The first-order valence-corrected chi connectivity index (χ1v) is 8.69. The molecule has 0 bridgehead atoms. The number of unbranched alkanes of at least 4 members (excludes halogenated alkanes) is 7. The van der Waals surface area contributed by atoms with Crippen LogP contribution in [0.5, 0.6) is 0 Å². The van der Waals surface area contributed by atoms with Crippen molar-refractivity contribution in [3.63, 3.8) is 0 Å². The minimum absolute atomic E-state index is 0.0484. The summed E-state index contributed by atoms with van der Waals surface area (Å²) >= 11 is 0. The molecule has 0 radical (unpaired) electrons. The van der Waals surface area contributed by atoms with Gasteiger partial charge in [0.15, 0.2) is 5.96 Å². The average Bonchev–Trinajstić information content (AvgIpc) is 2.49. The maximum absolute atomic E-state index is 11.8. The standard InChI is InChI=1S/C16H35N5O/c1-2-3-4-5-6-7-8-9-12-20-15(22)14(17)11-10-13-21-16(18)19/h14H,2-13,17H2,1H3,(H,20,22)(H4,18,19,21)/t14-/m1/s1. The van der Waals surface area contributed by atoms with Gasteiger partial charge in [-0.3, -0.25) is 10.2 Å². The average molecular weight is 313 g/mol. The Kier molecular flexibility index (Phi) is 13.8. The van der Waals surface area contributed by atoms with E-state index in [1.807, 2.05) is 0 Å². The van der Waals surface area contributed by atoms with Crippen molar-refractivity contribution in [3.8, 4) is 0 Å². The normalized spacial score (nSPS) is 11.9. The molecule has 0 aromatic heterocycles. The number of hydrogen-bond acceptors (Lipinski definition) is 3. The molecule has 6 heteroatoms. The minimum Gasteiger partial charge on any atom is -0.370 e. The van der Waals surface area contributed by atoms with Crippen molar-refractivity contribution in [3.05, 3.63) is 0 Å². The van der Waals surface area contributed by atoms with Crippen LogP contribution in [0.1, 0.15) is 71.1 Å². The molecule has 0 aromatic carbocycles. The third kappa shape index (κ3) is 13.7. The Bertz CT molecular complexity index is 296. The van der Waals surface area contributed by atoms with Crippen molar-refractivity contribution in [1.82, 2.24) is 10.6 Å². The monoisotopic (exact) mass is 313 g/mol. The molecule has 0 rings (SSSR count). The van der Waals surface area contributed by atoms with Crippen LogP contribution in [0.3, 0.4) is 0 Å². The summed E-state index contributed by atoms with van der Waals surface area (Å²) in [5.74, 6) is -0.126. The molecular formula is C16H35N5O. The Labute approximate surface area is 135 Å². The van der Waals surface area contributed by atoms with Crippen molar-refractivity contribution in [1.29, 1.82) is 5.41 Å². The largest absolute Gasteiger partial charge is 0.370 e. The van der Waals surface area contributed by atoms with E-state index >= 15 is 0 Å². The van der Waals surface area contributed by atoms with E-state index in [1.165, 1.54) is 44.9 Å². The van der Waals surface area contributed by atoms with Gasteiger partial charge in [-0.25, -0.2) is 0 Å². The number of nitrogens with one attached hydrogen (secondary N) is 3. The second kappa shape index (κ2) is 14.6. The maximum atomic E-state index is 11.8. The van der Waals surface area contributed by atoms with E-state index < -0.39 is 6.04 Å². The fourth-order valence-electron chi connectivity index (χ4n) is 2.28. The van der Waals surface area contributed by atoms with E-state index in [0.29, 0.717) is 19.5 Å². The predicted octanol–water partition coefficient (Wildman–Crippen LogP) is 1.83. The molecule has 0 fully saturated rings. The summed E-state index contributed by atoms with van der Waals surface area (Å²) in [5, 5.41) is 12.6. The van der Waals surface area contributed by atoms with E-state index in [9.17, 15) is 4.79 Å². The van der Waals surface area contributed by atoms with Crippen molar-refractivity contribution >= 4 is 11.9 Å². The van der Waals surface area contributed by atoms with E-state index in [4.69, 9.17) is 16.9 Å². The van der Waals surface area contributed by atoms with E-state index in [-0.39, 0.29) is 11.9 Å². The molecule has 1 atom stereocenters. The molecule has 0 aliphatic carbocycles. The zero-order valence-corrected chi connectivity index (χ0v) is 14.1. The molecule has 0 heterocycles. The first kappa shape index (κ1) is 20.7. The first-order valence-electron chi connectivity index (χ1n) is 8.69. The Hall–Kier alpha value is -1.30. The van der Waals surface area contributed by atoms with Crippen LogP contribution in [0, 0.1) is 5.41 Å². The van der Waals surface area contributed by atoms with E-state index in [2.05, 4.69) is 17.6 Å². The number of amides is 1. The fourth-order valence-corrected chi connectivity index (χ4v) is 2.28. The third-order valence-corrected chi connectivity index (χ3v) is 3.67. The van der Waals surface area contributed by atoms with Gasteiger partial charge in [0, 0.05) is 13.1 Å². The van der Waals surface area contributed by atoms with Crippen molar-refractivity contribution in [2.45, 2.75) is 77.2 Å². The fraction of sp³-hybridized carbons (Fsp3) is 0.875. The van der Waals surface area contributed by atoms with E-state index in [0.717, 1.165) is 12.8 Å². The Morgan fingerprint density at radius 2 is 1.50 bits per heavy atom. The van der Waals surface area contributed by atoms with Crippen LogP contribution in [0.25, 0.3) is 0 Å². The maximum Gasteiger partial charge on any atom is 0.236 e. The smallest absolute Gasteiger partial charge is 0.236 e. The van der Waals surface area contributed by atoms with E-state index in [1.54, 1.807) is 0 Å². The number of nitrogens with two attached hydrogens (primary N) is 2. The van der Waals surface area contributed by atoms with Gasteiger partial charge < -0.3 is 22.1 Å². The molecule has 0 saturated carbocycles. The molecule has 130 valence electrons. The van der Waals surface area contributed by atoms with Gasteiger partial charge in [0.2, 0.25) is 5.91 Å². The lowest BCUT2D eigenvalue weighted by Gasteiger charge is -2.12. The van der Waals surface area contributed by atoms with Gasteiger partial charge in [-0.1, -0.05) is 51.9 Å². The Balaban J connectivity index is 3.38. The molecule has 7 N–H and O–H groups in total. The number of hydrogen-bond donors (Lipinski definition) is 5. The highest BCUT2D eigenvalue weighted by Crippen LogP contribution is 2.07. The molecule has 0 aliphatic rings. The molecule has 0 unspecified atom stereocenters. The van der Waals surface area contributed by atoms with Crippen LogP contribution in [0.2, 0.25) is 0 Å². The van der Waals surface area contributed by atoms with Crippen LogP contribution < -0.4 is 22.1 Å². The number of guanidine groups is 1. The Morgan fingerprint density at radius 1 is 0.955 bits per heavy atom. The highest BCUT2D eigenvalue weighted by Gasteiger charge is 2.11. The number of rotatable bonds is 14. The Morgan fingerprint density at radius 3 is 2.09 bits per heavy atom. The lowest BCUT2D eigenvalue weighted by molar-refractivity contribution is -0.122. The number of carbonyl (C=O) groups is 1. The van der Waals surface area contributed by atoms with Crippen LogP contribution >= 0.6 is 0 Å². The predicted molar refractivity (Wildman–Crippen MR) is 92.7 cm³/mol. The lowest BCUT2D eigenvalue weighted by Crippen LogP contribution is -2.41. The molecule has 1 amide bonds. The van der Waals surface area contributed by atoms with Gasteiger partial charge in [-0.2, -0.15) is 0 Å². The summed E-state index contributed by atoms with van der Waals surface area (Å²) < 4.78 is 0. The zero-order chi connectivity index (χ0) is 16.6. The van der Waals surface area contributed by atoms with Crippen LogP contribution in [0.15, 0.2) is 0 Å². The van der Waals surface area contributed by atoms with Crippen LogP contribution in [0.4, 0.5) is 0 Å². The molecular weight excluding hydrogens is 278 g/mol. The highest BCUT2D eigenvalue weighted by atomic mass is 16.2. The third-order valence-electron chi connectivity index (χ3n) is 3.67. The summed E-state index contributed by atoms with van der Waals surface area (Å²) in [5.41, 5.74) is 11.0. The van der Waals surface area contributed by atoms with Gasteiger partial charge in [0.1, 0.15) is 0 Å². The molecule has 0 aliphatic heterocycles. The zero-order valence-electron chi connectivity index (χ0n) is 14.1. The lowest BCUT2D eigenvalue weighted by atomic mass is 10.1. The topological polar surface area (TPSA) is 117 Å². The van der Waals surface area contributed by atoms with Gasteiger partial charge in [0.25, 0.3) is 0 Å². The van der Waals surface area contributed by atoms with Crippen molar-refractivity contribution < 1.29 is 4.79 Å². The van der Waals surface area contributed by atoms with Gasteiger partial charge in [-0.05, 0) is 19.3 Å². The quantitative estimate of drug-likeness (QED) is 0.191. The van der Waals surface area contributed by atoms with Crippen molar-refractivity contribution in [2.75, 3.05) is 13.1 Å². The number of carbonyl (C=O) groups excluding carboxylic acids is 1. The second-order valence-electron chi connectivity index (χ2n) is 5.86. The second-order valence-corrected chi connectivity index (χ2v) is 5.86. The van der Waals surface area contributed by atoms with Gasteiger partial charge >= 0.3 is 0 Å². The SMILES string of the molecule is CCCCCCCCCCNC(=O)[C@H](N)CCCNC(=N)N. The molecule has 0 spiro atoms. The molecule has 6 nitrogen and oxygen atoms in total. The molecule has 22 heavy (non-hydrogen) atoms. The van der Waals surface area contributed by atoms with Crippen LogP contribution in [-0.4, -0.2) is 31.0 Å². The summed E-state index contributed by atoms with van der Waals surface area (Å²) in [6.07, 6.45) is 11.4. The summed E-state index contributed by atoms with van der Waals surface area (Å²) in [7, 11) is 0. The highest BCUT2D eigenvalue weighted by molar-refractivity contribution is 5.81. The van der Waals surface area contributed by atoms with Gasteiger partial charge in [-0.15, -0.1) is 0 Å². The first-order chi connectivity index (χ1) is 10.6.